The zero-order chi connectivity index (χ0) is 7.19. The Balaban J connectivity index is 2.34. The summed E-state index contributed by atoms with van der Waals surface area (Å²) in [7, 11) is 0. The van der Waals surface area contributed by atoms with Crippen LogP contribution >= 0.6 is 11.6 Å². The Morgan fingerprint density at radius 2 is 2.20 bits per heavy atom. The number of aliphatic hydroxyl groups is 1. The number of hydrogen-bond donors (Lipinski definition) is 1. The van der Waals surface area contributed by atoms with E-state index in [4.69, 9.17) is 16.0 Å². The van der Waals surface area contributed by atoms with E-state index in [-0.39, 0.29) is 0 Å². The summed E-state index contributed by atoms with van der Waals surface area (Å²) in [5.41, 5.74) is -0.687. The van der Waals surface area contributed by atoms with Crippen molar-refractivity contribution in [2.75, 3.05) is 0 Å². The average Bonchev–Trinajstić information content (AvgIpc) is 2.45. The molecular weight excluding hydrogens is 152 g/mol. The van der Waals surface area contributed by atoms with Gasteiger partial charge in [0.2, 0.25) is 0 Å². The molecule has 2 rings (SSSR count). The van der Waals surface area contributed by atoms with Crippen molar-refractivity contribution in [3.63, 3.8) is 0 Å². The third-order valence-electron chi connectivity index (χ3n) is 1.76. The maximum atomic E-state index is 9.46. The molecule has 1 aromatic heterocycles. The highest BCUT2D eigenvalue weighted by atomic mass is 35.5. The molecule has 3 heteroatoms. The van der Waals surface area contributed by atoms with Crippen LogP contribution in [0.4, 0.5) is 0 Å². The molecule has 0 atom stereocenters. The predicted octanol–water partition coefficient (Wildman–Crippen LogP) is 1.91. The SMILES string of the molecule is OC1(c2ccc(Cl)o2)CC1. The fourth-order valence-corrected chi connectivity index (χ4v) is 1.08. The van der Waals surface area contributed by atoms with Crippen molar-refractivity contribution in [3.8, 4) is 0 Å². The number of rotatable bonds is 1. The Kier molecular flexibility index (Phi) is 1.11. The maximum absolute atomic E-state index is 9.46. The lowest BCUT2D eigenvalue weighted by Gasteiger charge is -1.99. The van der Waals surface area contributed by atoms with Crippen molar-refractivity contribution in [2.24, 2.45) is 0 Å². The molecule has 0 aromatic carbocycles. The van der Waals surface area contributed by atoms with Crippen LogP contribution in [0, 0.1) is 0 Å². The van der Waals surface area contributed by atoms with Crippen LogP contribution in [0.3, 0.4) is 0 Å². The molecule has 0 amide bonds. The fraction of sp³-hybridized carbons (Fsp3) is 0.429. The monoisotopic (exact) mass is 158 g/mol. The maximum Gasteiger partial charge on any atom is 0.193 e. The highest BCUT2D eigenvalue weighted by Crippen LogP contribution is 2.46. The molecule has 1 aliphatic carbocycles. The van der Waals surface area contributed by atoms with Crippen molar-refractivity contribution in [1.29, 1.82) is 0 Å². The lowest BCUT2D eigenvalue weighted by Crippen LogP contribution is -2.00. The van der Waals surface area contributed by atoms with Gasteiger partial charge in [0.05, 0.1) is 0 Å². The summed E-state index contributed by atoms with van der Waals surface area (Å²) in [5.74, 6) is 0.595. The molecule has 1 aromatic rings. The normalized spacial score (nSPS) is 21.0. The van der Waals surface area contributed by atoms with Gasteiger partial charge in [-0.25, -0.2) is 0 Å². The number of hydrogen-bond acceptors (Lipinski definition) is 2. The fourth-order valence-electron chi connectivity index (χ4n) is 0.929. The van der Waals surface area contributed by atoms with Crippen LogP contribution in [0.5, 0.6) is 0 Å². The third-order valence-corrected chi connectivity index (χ3v) is 1.96. The molecule has 0 aliphatic heterocycles. The smallest absolute Gasteiger partial charge is 0.193 e. The van der Waals surface area contributed by atoms with E-state index in [9.17, 15) is 5.11 Å². The van der Waals surface area contributed by atoms with E-state index in [0.29, 0.717) is 11.0 Å². The molecule has 2 nitrogen and oxygen atoms in total. The van der Waals surface area contributed by atoms with Crippen molar-refractivity contribution >= 4 is 11.6 Å². The van der Waals surface area contributed by atoms with Crippen LogP contribution in [-0.2, 0) is 5.60 Å². The molecule has 10 heavy (non-hydrogen) atoms. The van der Waals surface area contributed by atoms with Crippen molar-refractivity contribution in [3.05, 3.63) is 23.1 Å². The van der Waals surface area contributed by atoms with Gasteiger partial charge in [0.15, 0.2) is 5.22 Å². The second-order valence-corrected chi connectivity index (χ2v) is 3.01. The van der Waals surface area contributed by atoms with E-state index in [0.717, 1.165) is 12.8 Å². The second kappa shape index (κ2) is 1.77. The van der Waals surface area contributed by atoms with Gasteiger partial charge in [-0.3, -0.25) is 0 Å². The van der Waals surface area contributed by atoms with Gasteiger partial charge in [-0.05, 0) is 36.6 Å². The van der Waals surface area contributed by atoms with Gasteiger partial charge in [-0.15, -0.1) is 0 Å². The molecule has 0 unspecified atom stereocenters. The molecule has 0 spiro atoms. The summed E-state index contributed by atoms with van der Waals surface area (Å²) >= 11 is 5.52. The van der Waals surface area contributed by atoms with E-state index in [1.54, 1.807) is 12.1 Å². The molecule has 0 radical (unpaired) electrons. The molecular formula is C7H7ClO2. The van der Waals surface area contributed by atoms with Crippen molar-refractivity contribution < 1.29 is 9.52 Å². The highest BCUT2D eigenvalue weighted by Gasteiger charge is 2.45. The van der Waals surface area contributed by atoms with Crippen LogP contribution in [0.2, 0.25) is 5.22 Å². The minimum absolute atomic E-state index is 0.343. The first kappa shape index (κ1) is 6.25. The lowest BCUT2D eigenvalue weighted by atomic mass is 10.2. The number of furan rings is 1. The molecule has 1 N–H and O–H groups in total. The first-order chi connectivity index (χ1) is 4.71. The Hall–Kier alpha value is -0.470. The minimum atomic E-state index is -0.687. The summed E-state index contributed by atoms with van der Waals surface area (Å²) in [5, 5.41) is 9.80. The standard InChI is InChI=1S/C7H7ClO2/c8-6-2-1-5(10-6)7(9)3-4-7/h1-2,9H,3-4H2. The van der Waals surface area contributed by atoms with E-state index >= 15 is 0 Å². The third kappa shape index (κ3) is 0.842. The van der Waals surface area contributed by atoms with Gasteiger partial charge in [-0.2, -0.15) is 0 Å². The summed E-state index contributed by atoms with van der Waals surface area (Å²) in [6.45, 7) is 0. The molecule has 1 heterocycles. The Morgan fingerprint density at radius 1 is 1.50 bits per heavy atom. The summed E-state index contributed by atoms with van der Waals surface area (Å²) in [4.78, 5) is 0. The first-order valence-electron chi connectivity index (χ1n) is 3.19. The van der Waals surface area contributed by atoms with E-state index in [1.807, 2.05) is 0 Å². The quantitative estimate of drug-likeness (QED) is 0.678. The zero-order valence-corrected chi connectivity index (χ0v) is 6.06. The van der Waals surface area contributed by atoms with Gasteiger partial charge in [0.1, 0.15) is 11.4 Å². The van der Waals surface area contributed by atoms with E-state index in [2.05, 4.69) is 0 Å². The van der Waals surface area contributed by atoms with E-state index < -0.39 is 5.60 Å². The zero-order valence-electron chi connectivity index (χ0n) is 5.30. The highest BCUT2D eigenvalue weighted by molar-refractivity contribution is 6.28. The Morgan fingerprint density at radius 3 is 2.60 bits per heavy atom. The van der Waals surface area contributed by atoms with E-state index in [1.165, 1.54) is 0 Å². The molecule has 1 aliphatic rings. The van der Waals surface area contributed by atoms with Crippen LogP contribution in [0.1, 0.15) is 18.6 Å². The minimum Gasteiger partial charge on any atom is -0.447 e. The number of halogens is 1. The molecule has 1 saturated carbocycles. The first-order valence-corrected chi connectivity index (χ1v) is 3.57. The summed E-state index contributed by atoms with van der Waals surface area (Å²) in [6.07, 6.45) is 1.58. The van der Waals surface area contributed by atoms with Crippen LogP contribution in [0.15, 0.2) is 16.5 Å². The van der Waals surface area contributed by atoms with Crippen molar-refractivity contribution in [1.82, 2.24) is 0 Å². The van der Waals surface area contributed by atoms with Gasteiger partial charge in [0, 0.05) is 0 Å². The summed E-state index contributed by atoms with van der Waals surface area (Å²) < 4.78 is 5.03. The lowest BCUT2D eigenvalue weighted by molar-refractivity contribution is 0.123. The van der Waals surface area contributed by atoms with Gasteiger partial charge < -0.3 is 9.52 Å². The van der Waals surface area contributed by atoms with Crippen molar-refractivity contribution in [2.45, 2.75) is 18.4 Å². The molecule has 0 bridgehead atoms. The second-order valence-electron chi connectivity index (χ2n) is 2.64. The largest absolute Gasteiger partial charge is 0.447 e. The average molecular weight is 159 g/mol. The molecule has 54 valence electrons. The van der Waals surface area contributed by atoms with Crippen LogP contribution in [0.25, 0.3) is 0 Å². The summed E-state index contributed by atoms with van der Waals surface area (Å²) in [6, 6.07) is 3.36. The molecule has 1 fully saturated rings. The van der Waals surface area contributed by atoms with Gasteiger partial charge >= 0.3 is 0 Å². The predicted molar refractivity (Wildman–Crippen MR) is 36.8 cm³/mol. The molecule has 0 saturated heterocycles. The Labute approximate surface area is 63.4 Å². The van der Waals surface area contributed by atoms with Gasteiger partial charge in [0.25, 0.3) is 0 Å². The van der Waals surface area contributed by atoms with Crippen LogP contribution in [-0.4, -0.2) is 5.11 Å². The van der Waals surface area contributed by atoms with Gasteiger partial charge in [-0.1, -0.05) is 0 Å². The van der Waals surface area contributed by atoms with Crippen LogP contribution < -0.4 is 0 Å². The topological polar surface area (TPSA) is 33.4 Å². The Bertz CT molecular complexity index is 250.